The minimum absolute atomic E-state index is 0.0684. The quantitative estimate of drug-likeness (QED) is 0.863. The molecular formula is C17H20N4O. The summed E-state index contributed by atoms with van der Waals surface area (Å²) in [6, 6.07) is 3.61. The highest BCUT2D eigenvalue weighted by Gasteiger charge is 2.08. The molecule has 1 amide bonds. The molecule has 22 heavy (non-hydrogen) atoms. The third-order valence-electron chi connectivity index (χ3n) is 3.90. The predicted molar refractivity (Wildman–Crippen MR) is 84.9 cm³/mol. The summed E-state index contributed by atoms with van der Waals surface area (Å²) in [6.45, 7) is 0.688. The maximum Gasteiger partial charge on any atom is 0.252 e. The van der Waals surface area contributed by atoms with Crippen molar-refractivity contribution in [2.24, 2.45) is 0 Å². The van der Waals surface area contributed by atoms with Gasteiger partial charge in [0, 0.05) is 25.1 Å². The molecule has 1 aliphatic rings. The molecule has 114 valence electrons. The number of rotatable bonds is 5. The Bertz CT molecular complexity index is 644. The van der Waals surface area contributed by atoms with Crippen LogP contribution in [0.25, 0.3) is 5.82 Å². The highest BCUT2D eigenvalue weighted by Crippen LogP contribution is 2.19. The molecule has 0 radical (unpaired) electrons. The molecular weight excluding hydrogens is 276 g/mol. The first kappa shape index (κ1) is 14.5. The average Bonchev–Trinajstić information content (AvgIpc) is 3.10. The molecule has 0 saturated carbocycles. The summed E-state index contributed by atoms with van der Waals surface area (Å²) in [6.07, 6.45) is 15.0. The van der Waals surface area contributed by atoms with Crippen LogP contribution in [0.1, 0.15) is 42.5 Å². The molecule has 1 aliphatic carbocycles. The van der Waals surface area contributed by atoms with E-state index in [1.165, 1.54) is 31.3 Å². The number of carbonyl (C=O) groups excluding carboxylic acids is 1. The van der Waals surface area contributed by atoms with Gasteiger partial charge in [-0.15, -0.1) is 0 Å². The van der Waals surface area contributed by atoms with Crippen molar-refractivity contribution < 1.29 is 4.79 Å². The van der Waals surface area contributed by atoms with Crippen molar-refractivity contribution in [3.63, 3.8) is 0 Å². The van der Waals surface area contributed by atoms with E-state index >= 15 is 0 Å². The molecule has 0 atom stereocenters. The van der Waals surface area contributed by atoms with Crippen LogP contribution in [0.2, 0.25) is 0 Å². The zero-order chi connectivity index (χ0) is 15.2. The monoisotopic (exact) mass is 296 g/mol. The fourth-order valence-corrected chi connectivity index (χ4v) is 2.64. The fourth-order valence-electron chi connectivity index (χ4n) is 2.64. The Morgan fingerprint density at radius 2 is 2.27 bits per heavy atom. The molecule has 0 aromatic carbocycles. The number of aromatic nitrogens is 3. The highest BCUT2D eigenvalue weighted by molar-refractivity contribution is 5.93. The predicted octanol–water partition coefficient (Wildman–Crippen LogP) is 2.89. The van der Waals surface area contributed by atoms with Crippen LogP contribution in [0.5, 0.6) is 0 Å². The largest absolute Gasteiger partial charge is 0.352 e. The van der Waals surface area contributed by atoms with Crippen molar-refractivity contribution in [2.75, 3.05) is 6.54 Å². The number of nitrogens with zero attached hydrogens (tertiary/aromatic N) is 3. The zero-order valence-electron chi connectivity index (χ0n) is 12.5. The van der Waals surface area contributed by atoms with Gasteiger partial charge in [-0.3, -0.25) is 9.36 Å². The van der Waals surface area contributed by atoms with Gasteiger partial charge in [0.1, 0.15) is 12.1 Å². The van der Waals surface area contributed by atoms with Gasteiger partial charge >= 0.3 is 0 Å². The molecule has 2 aromatic rings. The summed E-state index contributed by atoms with van der Waals surface area (Å²) in [7, 11) is 0. The lowest BCUT2D eigenvalue weighted by molar-refractivity contribution is 0.0953. The van der Waals surface area contributed by atoms with Crippen LogP contribution < -0.4 is 5.32 Å². The Labute approximate surface area is 130 Å². The van der Waals surface area contributed by atoms with E-state index in [9.17, 15) is 4.79 Å². The standard InChI is InChI=1S/C17H20N4O/c22-17(19-9-8-14-4-2-1-3-5-14)15-6-7-16(20-12-15)21-11-10-18-13-21/h4,6-7,10-13H,1-3,5,8-9H2,(H,19,22). The molecule has 0 fully saturated rings. The Kier molecular flexibility index (Phi) is 4.63. The summed E-state index contributed by atoms with van der Waals surface area (Å²) in [4.78, 5) is 20.4. The second-order valence-electron chi connectivity index (χ2n) is 5.49. The Morgan fingerprint density at radius 1 is 1.32 bits per heavy atom. The lowest BCUT2D eigenvalue weighted by Gasteiger charge is -2.13. The van der Waals surface area contributed by atoms with Crippen molar-refractivity contribution >= 4 is 5.91 Å². The molecule has 5 heteroatoms. The number of pyridine rings is 1. The summed E-state index contributed by atoms with van der Waals surface area (Å²) < 4.78 is 1.80. The second-order valence-corrected chi connectivity index (χ2v) is 5.49. The van der Waals surface area contributed by atoms with Gasteiger partial charge in [-0.05, 0) is 44.2 Å². The van der Waals surface area contributed by atoms with E-state index in [1.807, 2.05) is 12.3 Å². The molecule has 2 heterocycles. The Morgan fingerprint density at radius 3 is 2.95 bits per heavy atom. The van der Waals surface area contributed by atoms with Crippen molar-refractivity contribution in [1.82, 2.24) is 19.9 Å². The van der Waals surface area contributed by atoms with Crippen LogP contribution in [0.3, 0.4) is 0 Å². The highest BCUT2D eigenvalue weighted by atomic mass is 16.1. The van der Waals surface area contributed by atoms with Gasteiger partial charge in [0.05, 0.1) is 5.56 Å². The first-order chi connectivity index (χ1) is 10.8. The van der Waals surface area contributed by atoms with Crippen LogP contribution >= 0.6 is 0 Å². The molecule has 0 bridgehead atoms. The lowest BCUT2D eigenvalue weighted by Crippen LogP contribution is -2.25. The topological polar surface area (TPSA) is 59.8 Å². The van der Waals surface area contributed by atoms with E-state index in [4.69, 9.17) is 0 Å². The van der Waals surface area contributed by atoms with E-state index in [0.717, 1.165) is 12.2 Å². The smallest absolute Gasteiger partial charge is 0.252 e. The molecule has 0 saturated heterocycles. The number of hydrogen-bond donors (Lipinski definition) is 1. The zero-order valence-corrected chi connectivity index (χ0v) is 12.5. The third-order valence-corrected chi connectivity index (χ3v) is 3.90. The average molecular weight is 296 g/mol. The van der Waals surface area contributed by atoms with Gasteiger partial charge in [-0.2, -0.15) is 0 Å². The van der Waals surface area contributed by atoms with Gasteiger partial charge in [0.2, 0.25) is 0 Å². The van der Waals surface area contributed by atoms with Crippen molar-refractivity contribution in [3.05, 3.63) is 54.3 Å². The SMILES string of the molecule is O=C(NCCC1=CCCCC1)c1ccc(-n2ccnc2)nc1. The summed E-state index contributed by atoms with van der Waals surface area (Å²) in [5, 5.41) is 2.96. The van der Waals surface area contributed by atoms with E-state index < -0.39 is 0 Å². The molecule has 3 rings (SSSR count). The number of allylic oxidation sites excluding steroid dienone is 1. The van der Waals surface area contributed by atoms with Crippen LogP contribution in [0.15, 0.2) is 48.7 Å². The van der Waals surface area contributed by atoms with Gasteiger partial charge in [0.15, 0.2) is 0 Å². The van der Waals surface area contributed by atoms with Crippen LogP contribution in [-0.4, -0.2) is 27.0 Å². The molecule has 5 nitrogen and oxygen atoms in total. The maximum absolute atomic E-state index is 12.1. The Balaban J connectivity index is 1.52. The first-order valence-electron chi connectivity index (χ1n) is 7.73. The molecule has 1 N–H and O–H groups in total. The van der Waals surface area contributed by atoms with Crippen LogP contribution in [0, 0.1) is 0 Å². The van der Waals surface area contributed by atoms with Crippen LogP contribution in [-0.2, 0) is 0 Å². The summed E-state index contributed by atoms with van der Waals surface area (Å²) in [5.74, 6) is 0.683. The van der Waals surface area contributed by atoms with Gasteiger partial charge in [-0.25, -0.2) is 9.97 Å². The van der Waals surface area contributed by atoms with Gasteiger partial charge in [0.25, 0.3) is 5.91 Å². The van der Waals surface area contributed by atoms with Gasteiger partial charge < -0.3 is 5.32 Å². The number of amides is 1. The number of carbonyl (C=O) groups is 1. The first-order valence-corrected chi connectivity index (χ1v) is 7.73. The number of nitrogens with one attached hydrogen (secondary N) is 1. The molecule has 0 unspecified atom stereocenters. The summed E-state index contributed by atoms with van der Waals surface area (Å²) >= 11 is 0. The normalized spacial score (nSPS) is 14.5. The lowest BCUT2D eigenvalue weighted by atomic mass is 9.97. The van der Waals surface area contributed by atoms with Crippen molar-refractivity contribution in [1.29, 1.82) is 0 Å². The molecule has 0 spiro atoms. The fraction of sp³-hybridized carbons (Fsp3) is 0.353. The second kappa shape index (κ2) is 7.02. The van der Waals surface area contributed by atoms with E-state index in [-0.39, 0.29) is 5.91 Å². The van der Waals surface area contributed by atoms with Gasteiger partial charge in [-0.1, -0.05) is 11.6 Å². The van der Waals surface area contributed by atoms with Crippen LogP contribution in [0.4, 0.5) is 0 Å². The molecule has 0 aliphatic heterocycles. The van der Waals surface area contributed by atoms with Crippen molar-refractivity contribution in [2.45, 2.75) is 32.1 Å². The minimum atomic E-state index is -0.0684. The van der Waals surface area contributed by atoms with E-state index in [1.54, 1.807) is 29.4 Å². The summed E-state index contributed by atoms with van der Waals surface area (Å²) in [5.41, 5.74) is 2.06. The maximum atomic E-state index is 12.1. The number of hydrogen-bond acceptors (Lipinski definition) is 3. The molecule has 2 aromatic heterocycles. The van der Waals surface area contributed by atoms with E-state index in [2.05, 4.69) is 21.4 Å². The minimum Gasteiger partial charge on any atom is -0.352 e. The third kappa shape index (κ3) is 3.61. The van der Waals surface area contributed by atoms with Crippen molar-refractivity contribution in [3.8, 4) is 5.82 Å². The Hall–Kier alpha value is -2.43. The van der Waals surface area contributed by atoms with E-state index in [0.29, 0.717) is 12.1 Å². The number of imidazole rings is 1.